The zero-order valence-corrected chi connectivity index (χ0v) is 14.3. The Morgan fingerprint density at radius 1 is 1.29 bits per heavy atom. The van der Waals surface area contributed by atoms with E-state index < -0.39 is 0 Å². The van der Waals surface area contributed by atoms with Crippen LogP contribution >= 0.6 is 0 Å². The molecular formula is C17H28N4. The molecule has 2 heterocycles. The van der Waals surface area contributed by atoms with Crippen LogP contribution in [0.5, 0.6) is 0 Å². The van der Waals surface area contributed by atoms with Crippen LogP contribution in [0.2, 0.25) is 0 Å². The summed E-state index contributed by atoms with van der Waals surface area (Å²) in [4.78, 5) is 8.87. The third-order valence-corrected chi connectivity index (χ3v) is 4.05. The summed E-state index contributed by atoms with van der Waals surface area (Å²) in [5.74, 6) is 1.44. The molecule has 1 atom stereocenters. The SMILES string of the molecule is CCc1nc2ncnn2c(C)c1CCC(C)CC(C)(C)C. The molecule has 0 amide bonds. The summed E-state index contributed by atoms with van der Waals surface area (Å²) in [6.07, 6.45) is 6.07. The first-order valence-corrected chi connectivity index (χ1v) is 8.00. The van der Waals surface area contributed by atoms with Crippen molar-refractivity contribution in [2.75, 3.05) is 0 Å². The maximum atomic E-state index is 4.66. The number of aryl methyl sites for hydroxylation is 2. The molecule has 0 fully saturated rings. The predicted octanol–water partition coefficient (Wildman–Crippen LogP) is 4.00. The van der Waals surface area contributed by atoms with Crippen LogP contribution in [0.1, 0.15) is 64.4 Å². The number of aromatic nitrogens is 4. The van der Waals surface area contributed by atoms with Gasteiger partial charge in [0.1, 0.15) is 6.33 Å². The molecule has 1 unspecified atom stereocenters. The van der Waals surface area contributed by atoms with Gasteiger partial charge in [-0.05, 0) is 49.5 Å². The van der Waals surface area contributed by atoms with Crippen molar-refractivity contribution in [1.29, 1.82) is 0 Å². The van der Waals surface area contributed by atoms with Gasteiger partial charge in [-0.15, -0.1) is 0 Å². The predicted molar refractivity (Wildman–Crippen MR) is 86.5 cm³/mol. The molecule has 0 spiro atoms. The van der Waals surface area contributed by atoms with E-state index >= 15 is 0 Å². The second-order valence-electron chi connectivity index (χ2n) is 7.36. The molecule has 2 aromatic rings. The molecule has 2 aromatic heterocycles. The Labute approximate surface area is 128 Å². The second kappa shape index (κ2) is 6.12. The van der Waals surface area contributed by atoms with Crippen molar-refractivity contribution in [3.63, 3.8) is 0 Å². The summed E-state index contributed by atoms with van der Waals surface area (Å²) in [5, 5.41) is 4.28. The molecule has 0 saturated heterocycles. The van der Waals surface area contributed by atoms with Crippen molar-refractivity contribution >= 4 is 5.78 Å². The third-order valence-electron chi connectivity index (χ3n) is 4.05. The molecule has 116 valence electrons. The van der Waals surface area contributed by atoms with E-state index in [0.717, 1.165) is 24.5 Å². The highest BCUT2D eigenvalue weighted by Crippen LogP contribution is 2.27. The average Bonchev–Trinajstić information content (AvgIpc) is 2.83. The number of rotatable bonds is 5. The number of nitrogens with zero attached hydrogens (tertiary/aromatic N) is 4. The van der Waals surface area contributed by atoms with Crippen molar-refractivity contribution in [3.8, 4) is 0 Å². The van der Waals surface area contributed by atoms with Gasteiger partial charge in [-0.2, -0.15) is 10.1 Å². The van der Waals surface area contributed by atoms with Gasteiger partial charge < -0.3 is 0 Å². The van der Waals surface area contributed by atoms with E-state index in [1.807, 2.05) is 4.52 Å². The quantitative estimate of drug-likeness (QED) is 0.835. The summed E-state index contributed by atoms with van der Waals surface area (Å²) >= 11 is 0. The lowest BCUT2D eigenvalue weighted by Crippen LogP contribution is -2.13. The monoisotopic (exact) mass is 288 g/mol. The summed E-state index contributed by atoms with van der Waals surface area (Å²) < 4.78 is 1.86. The fourth-order valence-corrected chi connectivity index (χ4v) is 3.23. The lowest BCUT2D eigenvalue weighted by molar-refractivity contribution is 0.296. The summed E-state index contributed by atoms with van der Waals surface area (Å²) in [7, 11) is 0. The van der Waals surface area contributed by atoms with E-state index in [1.165, 1.54) is 29.8 Å². The Kier molecular flexibility index (Phi) is 4.64. The molecule has 0 aromatic carbocycles. The first kappa shape index (κ1) is 15.9. The van der Waals surface area contributed by atoms with Gasteiger partial charge in [-0.1, -0.05) is 34.6 Å². The number of hydrogen-bond donors (Lipinski definition) is 0. The summed E-state index contributed by atoms with van der Waals surface area (Å²) in [6, 6.07) is 0. The molecule has 0 saturated carbocycles. The van der Waals surface area contributed by atoms with Crippen molar-refractivity contribution < 1.29 is 0 Å². The van der Waals surface area contributed by atoms with Crippen molar-refractivity contribution in [1.82, 2.24) is 19.6 Å². The molecule has 0 aliphatic heterocycles. The Morgan fingerprint density at radius 3 is 2.62 bits per heavy atom. The van der Waals surface area contributed by atoms with E-state index in [0.29, 0.717) is 5.41 Å². The topological polar surface area (TPSA) is 43.1 Å². The Hall–Kier alpha value is -1.45. The maximum Gasteiger partial charge on any atom is 0.252 e. The van der Waals surface area contributed by atoms with Crippen LogP contribution in [0.15, 0.2) is 6.33 Å². The van der Waals surface area contributed by atoms with Crippen LogP contribution in [0.25, 0.3) is 5.78 Å². The molecule has 4 heteroatoms. The van der Waals surface area contributed by atoms with Gasteiger partial charge in [0.2, 0.25) is 0 Å². The highest BCUT2D eigenvalue weighted by atomic mass is 15.3. The van der Waals surface area contributed by atoms with Gasteiger partial charge in [-0.3, -0.25) is 0 Å². The van der Waals surface area contributed by atoms with Crippen LogP contribution in [-0.2, 0) is 12.8 Å². The molecule has 4 nitrogen and oxygen atoms in total. The molecule has 0 radical (unpaired) electrons. The zero-order valence-electron chi connectivity index (χ0n) is 14.3. The Morgan fingerprint density at radius 2 is 2.00 bits per heavy atom. The molecule has 0 aliphatic rings. The van der Waals surface area contributed by atoms with Crippen LogP contribution in [0.4, 0.5) is 0 Å². The van der Waals surface area contributed by atoms with E-state index in [-0.39, 0.29) is 0 Å². The maximum absolute atomic E-state index is 4.66. The molecule has 0 N–H and O–H groups in total. The minimum Gasteiger partial charge on any atom is -0.216 e. The summed E-state index contributed by atoms with van der Waals surface area (Å²) in [5.41, 5.74) is 4.13. The second-order valence-corrected chi connectivity index (χ2v) is 7.36. The van der Waals surface area contributed by atoms with Gasteiger partial charge in [0.15, 0.2) is 0 Å². The average molecular weight is 288 g/mol. The van der Waals surface area contributed by atoms with Gasteiger partial charge in [-0.25, -0.2) is 9.50 Å². The first-order chi connectivity index (χ1) is 9.81. The van der Waals surface area contributed by atoms with Gasteiger partial charge in [0.05, 0.1) is 0 Å². The molecular weight excluding hydrogens is 260 g/mol. The Balaban J connectivity index is 2.19. The lowest BCUT2D eigenvalue weighted by Gasteiger charge is -2.23. The number of fused-ring (bicyclic) bond motifs is 1. The van der Waals surface area contributed by atoms with Gasteiger partial charge in [0, 0.05) is 11.4 Å². The standard InChI is InChI=1S/C17H28N4/c1-7-15-14(9-8-12(2)10-17(4,5)6)13(3)21-16(20-15)18-11-19-21/h11-12H,7-10H2,1-6H3. The fraction of sp³-hybridized carbons (Fsp3) is 0.706. The molecule has 0 aliphatic carbocycles. The van der Waals surface area contributed by atoms with Crippen LogP contribution < -0.4 is 0 Å². The first-order valence-electron chi connectivity index (χ1n) is 8.00. The minimum absolute atomic E-state index is 0.399. The Bertz CT molecular complexity index is 607. The van der Waals surface area contributed by atoms with E-state index in [9.17, 15) is 0 Å². The molecule has 0 bridgehead atoms. The van der Waals surface area contributed by atoms with Crippen molar-refractivity contribution in [2.45, 2.75) is 67.2 Å². The van der Waals surface area contributed by atoms with E-state index in [1.54, 1.807) is 6.33 Å². The third kappa shape index (κ3) is 3.80. The smallest absolute Gasteiger partial charge is 0.216 e. The van der Waals surface area contributed by atoms with Crippen molar-refractivity contribution in [2.24, 2.45) is 11.3 Å². The van der Waals surface area contributed by atoms with Crippen LogP contribution in [0, 0.1) is 18.3 Å². The normalized spacial score (nSPS) is 13.8. The zero-order chi connectivity index (χ0) is 15.6. The largest absolute Gasteiger partial charge is 0.252 e. The lowest BCUT2D eigenvalue weighted by atomic mass is 9.83. The van der Waals surface area contributed by atoms with Crippen molar-refractivity contribution in [3.05, 3.63) is 23.3 Å². The van der Waals surface area contributed by atoms with Crippen LogP contribution in [-0.4, -0.2) is 19.6 Å². The fourth-order valence-electron chi connectivity index (χ4n) is 3.23. The molecule has 2 rings (SSSR count). The highest BCUT2D eigenvalue weighted by Gasteiger charge is 2.17. The van der Waals surface area contributed by atoms with Gasteiger partial charge in [0.25, 0.3) is 5.78 Å². The van der Waals surface area contributed by atoms with Crippen LogP contribution in [0.3, 0.4) is 0 Å². The summed E-state index contributed by atoms with van der Waals surface area (Å²) in [6.45, 7) is 13.6. The minimum atomic E-state index is 0.399. The highest BCUT2D eigenvalue weighted by molar-refractivity contribution is 5.36. The molecule has 21 heavy (non-hydrogen) atoms. The van der Waals surface area contributed by atoms with E-state index in [2.05, 4.69) is 56.6 Å². The van der Waals surface area contributed by atoms with E-state index in [4.69, 9.17) is 0 Å². The van der Waals surface area contributed by atoms with Gasteiger partial charge >= 0.3 is 0 Å². The number of hydrogen-bond acceptors (Lipinski definition) is 3.